The summed E-state index contributed by atoms with van der Waals surface area (Å²) in [6, 6.07) is 12.0. The third-order valence-electron chi connectivity index (χ3n) is 3.53. The van der Waals surface area contributed by atoms with E-state index in [1.165, 1.54) is 12.1 Å². The normalized spacial score (nSPS) is 12.2. The molecule has 0 radical (unpaired) electrons. The Balaban J connectivity index is 2.11. The van der Waals surface area contributed by atoms with Crippen LogP contribution in [-0.2, 0) is 12.8 Å². The molecule has 0 aliphatic heterocycles. The van der Waals surface area contributed by atoms with Gasteiger partial charge >= 0.3 is 0 Å². The Morgan fingerprint density at radius 2 is 1.81 bits per heavy atom. The van der Waals surface area contributed by atoms with Gasteiger partial charge in [0.2, 0.25) is 0 Å². The first-order chi connectivity index (χ1) is 10.1. The average molecular weight is 291 g/mol. The van der Waals surface area contributed by atoms with Gasteiger partial charge in [-0.25, -0.2) is 8.78 Å². The van der Waals surface area contributed by atoms with E-state index in [1.807, 2.05) is 31.3 Å². The van der Waals surface area contributed by atoms with Crippen molar-refractivity contribution in [2.45, 2.75) is 18.9 Å². The van der Waals surface area contributed by atoms with Gasteiger partial charge in [-0.05, 0) is 49.2 Å². The van der Waals surface area contributed by atoms with Gasteiger partial charge in [-0.1, -0.05) is 24.3 Å². The highest BCUT2D eigenvalue weighted by atomic mass is 19.2. The van der Waals surface area contributed by atoms with Crippen molar-refractivity contribution in [1.29, 1.82) is 0 Å². The maximum Gasteiger partial charge on any atom is 0.159 e. The van der Waals surface area contributed by atoms with Gasteiger partial charge in [-0.3, -0.25) is 0 Å². The molecule has 0 saturated heterocycles. The fraction of sp³-hybridized carbons (Fsp3) is 0.294. The van der Waals surface area contributed by atoms with Crippen molar-refractivity contribution in [1.82, 2.24) is 5.32 Å². The Hall–Kier alpha value is -1.94. The molecule has 0 aliphatic rings. The smallest absolute Gasteiger partial charge is 0.159 e. The first-order valence-corrected chi connectivity index (χ1v) is 6.87. The zero-order chi connectivity index (χ0) is 15.2. The van der Waals surface area contributed by atoms with Crippen LogP contribution in [-0.4, -0.2) is 20.2 Å². The van der Waals surface area contributed by atoms with E-state index in [0.29, 0.717) is 6.42 Å². The van der Waals surface area contributed by atoms with Crippen molar-refractivity contribution < 1.29 is 13.5 Å². The Kier molecular flexibility index (Phi) is 5.28. The summed E-state index contributed by atoms with van der Waals surface area (Å²) in [5.41, 5.74) is 1.85. The summed E-state index contributed by atoms with van der Waals surface area (Å²) in [4.78, 5) is 0. The zero-order valence-corrected chi connectivity index (χ0v) is 12.2. The quantitative estimate of drug-likeness (QED) is 0.881. The van der Waals surface area contributed by atoms with E-state index in [4.69, 9.17) is 4.74 Å². The molecule has 112 valence electrons. The van der Waals surface area contributed by atoms with E-state index in [-0.39, 0.29) is 6.04 Å². The minimum Gasteiger partial charge on any atom is -0.496 e. The van der Waals surface area contributed by atoms with Crippen LogP contribution in [0.3, 0.4) is 0 Å². The number of hydrogen-bond donors (Lipinski definition) is 1. The number of rotatable bonds is 6. The number of hydrogen-bond acceptors (Lipinski definition) is 2. The molecule has 2 nitrogen and oxygen atoms in total. The SMILES string of the molecule is CNC(Cc1ccc(F)c(F)c1)Cc1ccccc1OC. The number of halogens is 2. The predicted octanol–water partition coefficient (Wildman–Crippen LogP) is 3.35. The third kappa shape index (κ3) is 4.02. The largest absolute Gasteiger partial charge is 0.496 e. The van der Waals surface area contributed by atoms with Gasteiger partial charge in [0, 0.05) is 6.04 Å². The van der Waals surface area contributed by atoms with E-state index in [0.717, 1.165) is 23.3 Å². The first kappa shape index (κ1) is 15.4. The minimum atomic E-state index is -0.815. The molecule has 0 aromatic heterocycles. The lowest BCUT2D eigenvalue weighted by Gasteiger charge is -2.18. The number of benzene rings is 2. The Bertz CT molecular complexity index is 601. The molecule has 0 amide bonds. The van der Waals surface area contributed by atoms with E-state index < -0.39 is 11.6 Å². The Labute approximate surface area is 123 Å². The number of ether oxygens (including phenoxy) is 1. The van der Waals surface area contributed by atoms with Crippen LogP contribution in [0.1, 0.15) is 11.1 Å². The van der Waals surface area contributed by atoms with E-state index in [1.54, 1.807) is 13.2 Å². The summed E-state index contributed by atoms with van der Waals surface area (Å²) in [7, 11) is 3.50. The first-order valence-electron chi connectivity index (χ1n) is 6.87. The molecule has 0 bridgehead atoms. The molecule has 21 heavy (non-hydrogen) atoms. The lowest BCUT2D eigenvalue weighted by Crippen LogP contribution is -2.30. The minimum absolute atomic E-state index is 0.117. The number of para-hydroxylation sites is 1. The molecular formula is C17H19F2NO. The van der Waals surface area contributed by atoms with Crippen molar-refractivity contribution in [2.75, 3.05) is 14.2 Å². The topological polar surface area (TPSA) is 21.3 Å². The molecule has 1 unspecified atom stereocenters. The van der Waals surface area contributed by atoms with Gasteiger partial charge in [0.05, 0.1) is 7.11 Å². The fourth-order valence-electron chi connectivity index (χ4n) is 2.36. The maximum atomic E-state index is 13.3. The summed E-state index contributed by atoms with van der Waals surface area (Å²) in [5.74, 6) is -0.785. The summed E-state index contributed by atoms with van der Waals surface area (Å²) in [5, 5.41) is 3.21. The molecule has 2 aromatic rings. The molecule has 0 aliphatic carbocycles. The Morgan fingerprint density at radius 3 is 2.48 bits per heavy atom. The molecule has 2 rings (SSSR count). The predicted molar refractivity (Wildman–Crippen MR) is 79.6 cm³/mol. The second-order valence-corrected chi connectivity index (χ2v) is 4.95. The van der Waals surface area contributed by atoms with Crippen molar-refractivity contribution >= 4 is 0 Å². The van der Waals surface area contributed by atoms with E-state index in [9.17, 15) is 8.78 Å². The van der Waals surface area contributed by atoms with Crippen molar-refractivity contribution in [3.63, 3.8) is 0 Å². The van der Waals surface area contributed by atoms with Gasteiger partial charge in [0.25, 0.3) is 0 Å². The van der Waals surface area contributed by atoms with Crippen molar-refractivity contribution in [2.24, 2.45) is 0 Å². The zero-order valence-electron chi connectivity index (χ0n) is 12.2. The third-order valence-corrected chi connectivity index (χ3v) is 3.53. The van der Waals surface area contributed by atoms with Gasteiger partial charge in [-0.2, -0.15) is 0 Å². The van der Waals surface area contributed by atoms with Gasteiger partial charge in [0.15, 0.2) is 11.6 Å². The second kappa shape index (κ2) is 7.18. The highest BCUT2D eigenvalue weighted by Crippen LogP contribution is 2.20. The van der Waals surface area contributed by atoms with Crippen LogP contribution in [0.4, 0.5) is 8.78 Å². The van der Waals surface area contributed by atoms with E-state index >= 15 is 0 Å². The molecule has 1 N–H and O–H groups in total. The molecule has 0 fully saturated rings. The number of methoxy groups -OCH3 is 1. The Morgan fingerprint density at radius 1 is 1.05 bits per heavy atom. The van der Waals surface area contributed by atoms with Crippen LogP contribution in [0.15, 0.2) is 42.5 Å². The monoisotopic (exact) mass is 291 g/mol. The number of nitrogens with one attached hydrogen (secondary N) is 1. The molecule has 0 saturated carbocycles. The molecule has 1 atom stereocenters. The number of likely N-dealkylation sites (N-methyl/N-ethyl adjacent to an activating group) is 1. The fourth-order valence-corrected chi connectivity index (χ4v) is 2.36. The highest BCUT2D eigenvalue weighted by molar-refractivity contribution is 5.34. The lowest BCUT2D eigenvalue weighted by atomic mass is 9.98. The van der Waals surface area contributed by atoms with Crippen LogP contribution in [0, 0.1) is 11.6 Å². The maximum absolute atomic E-state index is 13.3. The summed E-state index contributed by atoms with van der Waals surface area (Å²) >= 11 is 0. The molecule has 4 heteroatoms. The van der Waals surface area contributed by atoms with Crippen LogP contribution in [0.25, 0.3) is 0 Å². The molecule has 0 heterocycles. The van der Waals surface area contributed by atoms with Crippen molar-refractivity contribution in [3.05, 3.63) is 65.2 Å². The average Bonchev–Trinajstić information content (AvgIpc) is 2.50. The van der Waals surface area contributed by atoms with Crippen LogP contribution in [0.2, 0.25) is 0 Å². The molecule has 0 spiro atoms. The summed E-state index contributed by atoms with van der Waals surface area (Å²) < 4.78 is 31.6. The van der Waals surface area contributed by atoms with Gasteiger partial charge in [-0.15, -0.1) is 0 Å². The van der Waals surface area contributed by atoms with Crippen LogP contribution in [0.5, 0.6) is 5.75 Å². The molecular weight excluding hydrogens is 272 g/mol. The summed E-state index contributed by atoms with van der Waals surface area (Å²) in [6.45, 7) is 0. The van der Waals surface area contributed by atoms with E-state index in [2.05, 4.69) is 5.32 Å². The van der Waals surface area contributed by atoms with Gasteiger partial charge < -0.3 is 10.1 Å². The van der Waals surface area contributed by atoms with Gasteiger partial charge in [0.1, 0.15) is 5.75 Å². The van der Waals surface area contributed by atoms with Crippen molar-refractivity contribution in [3.8, 4) is 5.75 Å². The molecule has 2 aromatic carbocycles. The second-order valence-electron chi connectivity index (χ2n) is 4.95. The summed E-state index contributed by atoms with van der Waals surface area (Å²) in [6.07, 6.45) is 1.37. The standard InChI is InChI=1S/C17H19F2NO/c1-20-14(9-12-7-8-15(18)16(19)10-12)11-13-5-3-4-6-17(13)21-2/h3-8,10,14,20H,9,11H2,1-2H3. The lowest BCUT2D eigenvalue weighted by molar-refractivity contribution is 0.405. The van der Waals surface area contributed by atoms with Crippen LogP contribution >= 0.6 is 0 Å². The van der Waals surface area contributed by atoms with Crippen LogP contribution < -0.4 is 10.1 Å². The highest BCUT2D eigenvalue weighted by Gasteiger charge is 2.12.